The predicted octanol–water partition coefficient (Wildman–Crippen LogP) is 2.29. The summed E-state index contributed by atoms with van der Waals surface area (Å²) in [6.45, 7) is 3.69. The summed E-state index contributed by atoms with van der Waals surface area (Å²) in [5, 5.41) is 4.11. The van der Waals surface area contributed by atoms with E-state index in [0.717, 1.165) is 0 Å². The van der Waals surface area contributed by atoms with Gasteiger partial charge < -0.3 is 4.74 Å². The van der Waals surface area contributed by atoms with Crippen LogP contribution >= 0.6 is 0 Å². The predicted molar refractivity (Wildman–Crippen MR) is 77.5 cm³/mol. The Bertz CT molecular complexity index is 741. The van der Waals surface area contributed by atoms with Gasteiger partial charge in [-0.3, -0.25) is 4.79 Å². The van der Waals surface area contributed by atoms with Crippen LogP contribution in [-0.4, -0.2) is 33.1 Å². The number of nitrogens with zero attached hydrogens (tertiary/aromatic N) is 4. The molecule has 2 unspecified atom stereocenters. The lowest BCUT2D eigenvalue weighted by Crippen LogP contribution is -2.37. The highest BCUT2D eigenvalue weighted by Crippen LogP contribution is 2.36. The Balaban J connectivity index is 2.15. The Morgan fingerprint density at radius 3 is 2.91 bits per heavy atom. The van der Waals surface area contributed by atoms with Crippen LogP contribution in [0.15, 0.2) is 35.6 Å². The van der Waals surface area contributed by atoms with Gasteiger partial charge in [0, 0.05) is 11.3 Å². The zero-order valence-electron chi connectivity index (χ0n) is 12.2. The third kappa shape index (κ3) is 2.28. The third-order valence-corrected chi connectivity index (χ3v) is 3.62. The number of halogens is 1. The Kier molecular flexibility index (Phi) is 3.70. The first kappa shape index (κ1) is 14.4. The van der Waals surface area contributed by atoms with Gasteiger partial charge in [0.2, 0.25) is 5.95 Å². The fourth-order valence-corrected chi connectivity index (χ4v) is 2.67. The quantitative estimate of drug-likeness (QED) is 0.816. The molecule has 2 heterocycles. The SMILES string of the molecule is CCOC(=O)C1C(C)=Nc2ncnn2C1c1ccccc1F. The van der Waals surface area contributed by atoms with Crippen molar-refractivity contribution in [1.29, 1.82) is 0 Å². The first-order valence-corrected chi connectivity index (χ1v) is 6.99. The Morgan fingerprint density at radius 1 is 1.41 bits per heavy atom. The van der Waals surface area contributed by atoms with Crippen molar-refractivity contribution in [2.75, 3.05) is 6.61 Å². The molecule has 0 saturated heterocycles. The van der Waals surface area contributed by atoms with Crippen LogP contribution in [0.4, 0.5) is 10.3 Å². The molecule has 2 atom stereocenters. The number of hydrogen-bond acceptors (Lipinski definition) is 5. The summed E-state index contributed by atoms with van der Waals surface area (Å²) >= 11 is 0. The van der Waals surface area contributed by atoms with Crippen LogP contribution in [0.1, 0.15) is 25.5 Å². The van der Waals surface area contributed by atoms with E-state index < -0.39 is 23.7 Å². The van der Waals surface area contributed by atoms with Crippen molar-refractivity contribution in [3.05, 3.63) is 42.0 Å². The van der Waals surface area contributed by atoms with E-state index in [0.29, 0.717) is 17.2 Å². The average Bonchev–Trinajstić information content (AvgIpc) is 2.94. The molecule has 1 aliphatic rings. The highest BCUT2D eigenvalue weighted by atomic mass is 19.1. The fourth-order valence-electron chi connectivity index (χ4n) is 2.67. The minimum Gasteiger partial charge on any atom is -0.465 e. The maximum Gasteiger partial charge on any atom is 0.317 e. The van der Waals surface area contributed by atoms with Crippen LogP contribution in [0.3, 0.4) is 0 Å². The smallest absolute Gasteiger partial charge is 0.317 e. The van der Waals surface area contributed by atoms with E-state index in [4.69, 9.17) is 4.74 Å². The zero-order chi connectivity index (χ0) is 15.7. The summed E-state index contributed by atoms with van der Waals surface area (Å²) in [7, 11) is 0. The second kappa shape index (κ2) is 5.67. The van der Waals surface area contributed by atoms with E-state index in [2.05, 4.69) is 15.1 Å². The molecule has 114 valence electrons. The van der Waals surface area contributed by atoms with Crippen molar-refractivity contribution in [1.82, 2.24) is 14.8 Å². The molecule has 3 rings (SSSR count). The van der Waals surface area contributed by atoms with E-state index in [1.807, 2.05) is 0 Å². The molecule has 1 aliphatic heterocycles. The van der Waals surface area contributed by atoms with Gasteiger partial charge in [-0.25, -0.2) is 14.1 Å². The molecule has 0 bridgehead atoms. The molecular weight excluding hydrogens is 287 g/mol. The monoisotopic (exact) mass is 302 g/mol. The summed E-state index contributed by atoms with van der Waals surface area (Å²) in [5.41, 5.74) is 0.897. The summed E-state index contributed by atoms with van der Waals surface area (Å²) in [6, 6.07) is 5.66. The van der Waals surface area contributed by atoms with Gasteiger partial charge in [0.15, 0.2) is 0 Å². The van der Waals surface area contributed by atoms with Crippen molar-refractivity contribution in [3.63, 3.8) is 0 Å². The van der Waals surface area contributed by atoms with Crippen LogP contribution < -0.4 is 0 Å². The van der Waals surface area contributed by atoms with Crippen LogP contribution in [0, 0.1) is 11.7 Å². The molecule has 0 saturated carbocycles. The summed E-state index contributed by atoms with van der Waals surface area (Å²) in [5.74, 6) is -1.23. The van der Waals surface area contributed by atoms with Gasteiger partial charge >= 0.3 is 5.97 Å². The molecule has 7 heteroatoms. The Hall–Kier alpha value is -2.57. The van der Waals surface area contributed by atoms with E-state index >= 15 is 0 Å². The van der Waals surface area contributed by atoms with Gasteiger partial charge in [-0.15, -0.1) is 0 Å². The standard InChI is InChI=1S/C15H15FN4O2/c1-3-22-14(21)12-9(2)19-15-17-8-18-20(15)13(12)10-6-4-5-7-11(10)16/h4-8,12-13H,3H2,1-2H3. The number of fused-ring (bicyclic) bond motifs is 1. The summed E-state index contributed by atoms with van der Waals surface area (Å²) in [6.07, 6.45) is 1.34. The lowest BCUT2D eigenvalue weighted by atomic mass is 9.88. The lowest BCUT2D eigenvalue weighted by molar-refractivity contribution is -0.146. The van der Waals surface area contributed by atoms with E-state index in [9.17, 15) is 9.18 Å². The molecule has 2 aromatic rings. The van der Waals surface area contributed by atoms with E-state index in [-0.39, 0.29) is 6.61 Å². The summed E-state index contributed by atoms with van der Waals surface area (Å²) in [4.78, 5) is 20.7. The van der Waals surface area contributed by atoms with Gasteiger partial charge in [-0.05, 0) is 19.9 Å². The highest BCUT2D eigenvalue weighted by Gasteiger charge is 2.40. The number of esters is 1. The summed E-state index contributed by atoms with van der Waals surface area (Å²) < 4.78 is 20.9. The molecule has 1 aromatic heterocycles. The number of carbonyl (C=O) groups excluding carboxylic acids is 1. The normalized spacial score (nSPS) is 20.2. The third-order valence-electron chi connectivity index (χ3n) is 3.62. The van der Waals surface area contributed by atoms with Gasteiger partial charge in [0.25, 0.3) is 0 Å². The number of rotatable bonds is 3. The van der Waals surface area contributed by atoms with Crippen LogP contribution in [0.25, 0.3) is 0 Å². The molecule has 0 radical (unpaired) electrons. The Labute approximate surface area is 126 Å². The zero-order valence-corrected chi connectivity index (χ0v) is 12.2. The number of hydrogen-bond donors (Lipinski definition) is 0. The topological polar surface area (TPSA) is 69.4 Å². The molecule has 0 spiro atoms. The molecule has 0 N–H and O–H groups in total. The maximum atomic E-state index is 14.3. The molecule has 0 fully saturated rings. The van der Waals surface area contributed by atoms with Crippen LogP contribution in [-0.2, 0) is 9.53 Å². The van der Waals surface area contributed by atoms with Gasteiger partial charge in [0.05, 0.1) is 6.61 Å². The van der Waals surface area contributed by atoms with Crippen LogP contribution in [0.2, 0.25) is 0 Å². The molecule has 22 heavy (non-hydrogen) atoms. The average molecular weight is 302 g/mol. The van der Waals surface area contributed by atoms with Crippen molar-refractivity contribution in [2.24, 2.45) is 10.9 Å². The molecular formula is C15H15FN4O2. The van der Waals surface area contributed by atoms with Gasteiger partial charge in [-0.2, -0.15) is 10.1 Å². The second-order valence-corrected chi connectivity index (χ2v) is 4.95. The largest absolute Gasteiger partial charge is 0.465 e. The lowest BCUT2D eigenvalue weighted by Gasteiger charge is -2.29. The first-order valence-electron chi connectivity index (χ1n) is 6.99. The fraction of sp³-hybridized carbons (Fsp3) is 0.333. The van der Waals surface area contributed by atoms with Crippen molar-refractivity contribution < 1.29 is 13.9 Å². The highest BCUT2D eigenvalue weighted by molar-refractivity contribution is 6.03. The second-order valence-electron chi connectivity index (χ2n) is 4.95. The van der Waals surface area contributed by atoms with Crippen LogP contribution in [0.5, 0.6) is 0 Å². The van der Waals surface area contributed by atoms with E-state index in [1.165, 1.54) is 17.1 Å². The van der Waals surface area contributed by atoms with Crippen molar-refractivity contribution in [2.45, 2.75) is 19.9 Å². The molecule has 6 nitrogen and oxygen atoms in total. The van der Waals surface area contributed by atoms with Gasteiger partial charge in [-0.1, -0.05) is 18.2 Å². The number of benzene rings is 1. The number of aliphatic imine (C=N–C) groups is 1. The number of ether oxygens (including phenoxy) is 1. The maximum absolute atomic E-state index is 14.3. The minimum atomic E-state index is -0.731. The van der Waals surface area contributed by atoms with Gasteiger partial charge in [0.1, 0.15) is 24.1 Å². The first-order chi connectivity index (χ1) is 10.6. The van der Waals surface area contributed by atoms with Crippen molar-refractivity contribution >= 4 is 17.6 Å². The minimum absolute atomic E-state index is 0.247. The molecule has 1 aromatic carbocycles. The number of aromatic nitrogens is 3. The van der Waals surface area contributed by atoms with Crippen molar-refractivity contribution in [3.8, 4) is 0 Å². The molecule has 0 amide bonds. The Morgan fingerprint density at radius 2 is 2.18 bits per heavy atom. The number of carbonyl (C=O) groups is 1. The van der Waals surface area contributed by atoms with E-state index in [1.54, 1.807) is 32.0 Å². The molecule has 0 aliphatic carbocycles.